The Hall–Kier alpha value is -1.12. The quantitative estimate of drug-likeness (QED) is 0.496. The summed E-state index contributed by atoms with van der Waals surface area (Å²) < 4.78 is 0. The van der Waals surface area contributed by atoms with Crippen molar-refractivity contribution in [3.8, 4) is 0 Å². The topological polar surface area (TPSA) is 3.24 Å². The lowest BCUT2D eigenvalue weighted by atomic mass is 9.89. The first-order chi connectivity index (χ1) is 11.0. The Labute approximate surface area is 143 Å². The largest absolute Gasteiger partial charge is 0.293 e. The van der Waals surface area contributed by atoms with Crippen LogP contribution in [0.2, 0.25) is 19.6 Å². The van der Waals surface area contributed by atoms with Crippen LogP contribution in [0.25, 0.3) is 0 Å². The van der Waals surface area contributed by atoms with Gasteiger partial charge >= 0.3 is 0 Å². The molecule has 23 heavy (non-hydrogen) atoms. The number of rotatable bonds is 6. The van der Waals surface area contributed by atoms with E-state index < -0.39 is 8.07 Å². The van der Waals surface area contributed by atoms with E-state index in [2.05, 4.69) is 80.9 Å². The molecule has 3 atom stereocenters. The lowest BCUT2D eigenvalue weighted by molar-refractivity contribution is 0.239. The number of benzene rings is 1. The first kappa shape index (κ1) is 16.7. The van der Waals surface area contributed by atoms with Gasteiger partial charge in [0.25, 0.3) is 0 Å². The van der Waals surface area contributed by atoms with E-state index in [1.54, 1.807) is 5.57 Å². The van der Waals surface area contributed by atoms with Gasteiger partial charge in [-0.15, -0.1) is 0 Å². The van der Waals surface area contributed by atoms with Crippen molar-refractivity contribution in [3.63, 3.8) is 0 Å². The molecule has 0 amide bonds. The molecule has 2 bridgehead atoms. The minimum absolute atomic E-state index is 0.466. The molecule has 0 saturated carbocycles. The molecular weight excluding hydrogens is 294 g/mol. The lowest BCUT2D eigenvalue weighted by Crippen LogP contribution is -2.35. The summed E-state index contributed by atoms with van der Waals surface area (Å²) in [6.45, 7) is 14.4. The van der Waals surface area contributed by atoms with E-state index in [0.717, 1.165) is 19.0 Å². The van der Waals surface area contributed by atoms with Gasteiger partial charge in [0.05, 0.1) is 14.1 Å². The van der Waals surface area contributed by atoms with Crippen molar-refractivity contribution in [1.82, 2.24) is 4.90 Å². The van der Waals surface area contributed by atoms with E-state index in [1.807, 2.05) is 5.20 Å². The number of hydrogen-bond acceptors (Lipinski definition) is 1. The molecule has 0 aliphatic heterocycles. The van der Waals surface area contributed by atoms with Crippen LogP contribution >= 0.6 is 0 Å². The van der Waals surface area contributed by atoms with E-state index in [-0.39, 0.29) is 0 Å². The zero-order valence-corrected chi connectivity index (χ0v) is 16.3. The van der Waals surface area contributed by atoms with Gasteiger partial charge in [-0.05, 0) is 36.6 Å². The Kier molecular flexibility index (Phi) is 4.66. The molecule has 2 heteroatoms. The third-order valence-corrected chi connectivity index (χ3v) is 7.84. The highest BCUT2D eigenvalue weighted by atomic mass is 28.3. The molecule has 0 saturated heterocycles. The van der Waals surface area contributed by atoms with Gasteiger partial charge < -0.3 is 0 Å². The number of nitrogens with zero attached hydrogens (tertiary/aromatic N) is 1. The Balaban J connectivity index is 2.14. The first-order valence-electron chi connectivity index (χ1n) is 9.19. The average Bonchev–Trinajstić information content (AvgIpc) is 3.13. The van der Waals surface area contributed by atoms with Gasteiger partial charge in [-0.3, -0.25) is 4.90 Å². The Morgan fingerprint density at radius 3 is 2.17 bits per heavy atom. The fraction of sp³-hybridized carbons (Fsp3) is 0.524. The molecular formula is C21H31NSi. The minimum atomic E-state index is -1.31. The number of allylic oxidation sites excluding steroid dienone is 3. The fourth-order valence-corrected chi connectivity index (χ4v) is 7.22. The van der Waals surface area contributed by atoms with Crippen LogP contribution in [0.5, 0.6) is 0 Å². The smallest absolute Gasteiger partial charge is 0.0732 e. The minimum Gasteiger partial charge on any atom is -0.293 e. The van der Waals surface area contributed by atoms with Crippen molar-refractivity contribution in [1.29, 1.82) is 0 Å². The van der Waals surface area contributed by atoms with Crippen molar-refractivity contribution in [3.05, 3.63) is 58.8 Å². The summed E-state index contributed by atoms with van der Waals surface area (Å²) in [7, 11) is -1.31. The Morgan fingerprint density at radius 1 is 1.00 bits per heavy atom. The van der Waals surface area contributed by atoms with Gasteiger partial charge in [-0.2, -0.15) is 0 Å². The zero-order valence-electron chi connectivity index (χ0n) is 15.3. The Bertz CT molecular complexity index is 604. The molecule has 1 aromatic carbocycles. The number of hydrogen-bond donors (Lipinski definition) is 0. The maximum Gasteiger partial charge on any atom is 0.0732 e. The molecule has 0 spiro atoms. The van der Waals surface area contributed by atoms with Gasteiger partial charge in [0, 0.05) is 5.92 Å². The van der Waals surface area contributed by atoms with Crippen LogP contribution in [0.4, 0.5) is 0 Å². The molecule has 2 aliphatic carbocycles. The van der Waals surface area contributed by atoms with E-state index in [9.17, 15) is 0 Å². The summed E-state index contributed by atoms with van der Waals surface area (Å²) in [5.74, 6) is 1.40. The lowest BCUT2D eigenvalue weighted by Gasteiger charge is -2.37. The molecule has 124 valence electrons. The third kappa shape index (κ3) is 2.99. The summed E-state index contributed by atoms with van der Waals surface area (Å²) in [5, 5.41) is 1.84. The van der Waals surface area contributed by atoms with Crippen molar-refractivity contribution < 1.29 is 0 Å². The van der Waals surface area contributed by atoms with Crippen LogP contribution in [0.15, 0.2) is 53.3 Å². The second kappa shape index (κ2) is 6.41. The van der Waals surface area contributed by atoms with Gasteiger partial charge in [0.1, 0.15) is 0 Å². The van der Waals surface area contributed by atoms with Gasteiger partial charge in [0.15, 0.2) is 0 Å². The van der Waals surface area contributed by atoms with Crippen LogP contribution < -0.4 is 0 Å². The van der Waals surface area contributed by atoms with Crippen LogP contribution in [-0.4, -0.2) is 26.1 Å². The third-order valence-electron chi connectivity index (χ3n) is 5.56. The zero-order chi connectivity index (χ0) is 16.6. The molecule has 3 rings (SSSR count). The highest BCUT2D eigenvalue weighted by molar-refractivity contribution is 6.83. The average molecular weight is 326 g/mol. The van der Waals surface area contributed by atoms with Crippen molar-refractivity contribution in [2.24, 2.45) is 11.8 Å². The molecule has 0 heterocycles. The van der Waals surface area contributed by atoms with E-state index >= 15 is 0 Å². The maximum atomic E-state index is 2.65. The van der Waals surface area contributed by atoms with E-state index in [4.69, 9.17) is 0 Å². The SMILES string of the molecule is CCN(CC)C(C1=C([Si](C)(C)C)C2C=CC1C2)c1ccccc1. The Morgan fingerprint density at radius 2 is 1.61 bits per heavy atom. The fourth-order valence-electron chi connectivity index (χ4n) is 4.71. The highest BCUT2D eigenvalue weighted by Crippen LogP contribution is 2.52. The predicted molar refractivity (Wildman–Crippen MR) is 103 cm³/mol. The standard InChI is InChI=1S/C21H31NSi/c1-6-22(7-2)20(16-11-9-8-10-12-16)19-17-13-14-18(15-17)21(19)23(3,4)5/h8-14,17-18,20H,6-7,15H2,1-5H3. The molecule has 1 aromatic rings. The molecule has 1 nitrogen and oxygen atoms in total. The summed E-state index contributed by atoms with van der Waals surface area (Å²) >= 11 is 0. The van der Waals surface area contributed by atoms with Crippen LogP contribution in [0, 0.1) is 11.8 Å². The van der Waals surface area contributed by atoms with E-state index in [0.29, 0.717) is 12.0 Å². The van der Waals surface area contributed by atoms with Gasteiger partial charge in [-0.1, -0.05) is 81.2 Å². The molecule has 2 aliphatic rings. The van der Waals surface area contributed by atoms with Crippen LogP contribution in [0.1, 0.15) is 31.9 Å². The van der Waals surface area contributed by atoms with Crippen LogP contribution in [-0.2, 0) is 0 Å². The second-order valence-electron chi connectivity index (χ2n) is 7.99. The monoisotopic (exact) mass is 325 g/mol. The molecule has 3 unspecified atom stereocenters. The summed E-state index contributed by atoms with van der Waals surface area (Å²) in [6.07, 6.45) is 6.31. The predicted octanol–water partition coefficient (Wildman–Crippen LogP) is 5.45. The van der Waals surface area contributed by atoms with Gasteiger partial charge in [0.2, 0.25) is 0 Å². The first-order valence-corrected chi connectivity index (χ1v) is 12.7. The second-order valence-corrected chi connectivity index (χ2v) is 13.0. The normalized spacial score (nSPS) is 24.8. The van der Waals surface area contributed by atoms with Crippen molar-refractivity contribution in [2.45, 2.75) is 46.0 Å². The highest BCUT2D eigenvalue weighted by Gasteiger charge is 2.44. The number of fused-ring (bicyclic) bond motifs is 2. The van der Waals surface area contributed by atoms with Crippen LogP contribution in [0.3, 0.4) is 0 Å². The summed E-state index contributed by atoms with van der Waals surface area (Å²) in [4.78, 5) is 2.65. The van der Waals surface area contributed by atoms with Crippen molar-refractivity contribution in [2.75, 3.05) is 13.1 Å². The molecule has 0 radical (unpaired) electrons. The molecule has 0 N–H and O–H groups in total. The maximum absolute atomic E-state index is 2.65. The summed E-state index contributed by atoms with van der Waals surface area (Å²) in [6, 6.07) is 11.7. The van der Waals surface area contributed by atoms with Gasteiger partial charge in [-0.25, -0.2) is 0 Å². The molecule has 0 aromatic heterocycles. The number of likely N-dealkylation sites (N-methyl/N-ethyl adjacent to an activating group) is 1. The van der Waals surface area contributed by atoms with E-state index in [1.165, 1.54) is 12.0 Å². The van der Waals surface area contributed by atoms with Crippen molar-refractivity contribution >= 4 is 8.07 Å². The summed E-state index contributed by atoms with van der Waals surface area (Å²) in [5.41, 5.74) is 3.23. The molecule has 0 fully saturated rings.